The molecular formula is C14H19N5. The van der Waals surface area contributed by atoms with E-state index in [9.17, 15) is 0 Å². The second kappa shape index (κ2) is 6.13. The van der Waals surface area contributed by atoms with Gasteiger partial charge in [-0.3, -0.25) is 4.98 Å². The average molecular weight is 257 g/mol. The zero-order valence-corrected chi connectivity index (χ0v) is 11.6. The summed E-state index contributed by atoms with van der Waals surface area (Å²) in [6.45, 7) is 4.73. The van der Waals surface area contributed by atoms with Crippen molar-refractivity contribution in [1.82, 2.24) is 15.0 Å². The Morgan fingerprint density at radius 1 is 1.16 bits per heavy atom. The van der Waals surface area contributed by atoms with Gasteiger partial charge < -0.3 is 10.6 Å². The number of nitrogens with zero attached hydrogens (tertiary/aromatic N) is 3. The Morgan fingerprint density at radius 3 is 2.58 bits per heavy atom. The van der Waals surface area contributed by atoms with Crippen LogP contribution in [0.1, 0.15) is 24.0 Å². The molecule has 2 rings (SSSR count). The average Bonchev–Trinajstić information content (AvgIpc) is 2.46. The number of anilines is 2. The van der Waals surface area contributed by atoms with Gasteiger partial charge in [-0.1, -0.05) is 13.0 Å². The van der Waals surface area contributed by atoms with Gasteiger partial charge in [0.25, 0.3) is 0 Å². The number of hydrogen-bond acceptors (Lipinski definition) is 5. The molecule has 0 atom stereocenters. The number of aryl methyl sites for hydroxylation is 2. The lowest BCUT2D eigenvalue weighted by atomic mass is 10.2. The number of rotatable bonds is 5. The minimum atomic E-state index is 0.705. The molecule has 0 fully saturated rings. The first kappa shape index (κ1) is 13.3. The summed E-state index contributed by atoms with van der Waals surface area (Å²) in [5.74, 6) is 2.49. The number of pyridine rings is 1. The molecule has 2 aromatic rings. The molecule has 2 heterocycles. The summed E-state index contributed by atoms with van der Waals surface area (Å²) >= 11 is 0. The van der Waals surface area contributed by atoms with Crippen molar-refractivity contribution in [2.45, 2.75) is 26.8 Å². The lowest BCUT2D eigenvalue weighted by Crippen LogP contribution is -2.06. The van der Waals surface area contributed by atoms with Gasteiger partial charge in [0, 0.05) is 38.0 Å². The molecule has 0 aliphatic heterocycles. The Morgan fingerprint density at radius 2 is 1.95 bits per heavy atom. The number of hydrogen-bond donors (Lipinski definition) is 2. The van der Waals surface area contributed by atoms with Crippen molar-refractivity contribution in [3.63, 3.8) is 0 Å². The quantitative estimate of drug-likeness (QED) is 0.861. The molecule has 0 amide bonds. The minimum Gasteiger partial charge on any atom is -0.373 e. The van der Waals surface area contributed by atoms with Crippen molar-refractivity contribution in [3.05, 3.63) is 41.5 Å². The topological polar surface area (TPSA) is 62.7 Å². The third-order valence-corrected chi connectivity index (χ3v) is 2.79. The molecule has 0 radical (unpaired) electrons. The van der Waals surface area contributed by atoms with Crippen LogP contribution in [0.3, 0.4) is 0 Å². The van der Waals surface area contributed by atoms with E-state index in [1.165, 1.54) is 0 Å². The van der Waals surface area contributed by atoms with E-state index in [2.05, 4.69) is 31.7 Å². The maximum absolute atomic E-state index is 4.45. The first-order valence-electron chi connectivity index (χ1n) is 6.42. The summed E-state index contributed by atoms with van der Waals surface area (Å²) in [5.41, 5.74) is 2.16. The first-order chi connectivity index (χ1) is 9.21. The zero-order chi connectivity index (χ0) is 13.7. The van der Waals surface area contributed by atoms with E-state index < -0.39 is 0 Å². The Balaban J connectivity index is 2.08. The second-order valence-corrected chi connectivity index (χ2v) is 4.32. The maximum atomic E-state index is 4.45. The fraction of sp³-hybridized carbons (Fsp3) is 0.357. The Bertz CT molecular complexity index is 514. The molecule has 0 aliphatic rings. The molecule has 0 saturated heterocycles. The normalized spacial score (nSPS) is 10.3. The maximum Gasteiger partial charge on any atom is 0.132 e. The van der Waals surface area contributed by atoms with Crippen molar-refractivity contribution in [2.24, 2.45) is 0 Å². The Labute approximate surface area is 113 Å². The van der Waals surface area contributed by atoms with Gasteiger partial charge in [-0.05, 0) is 18.6 Å². The Hall–Kier alpha value is -2.17. The third-order valence-electron chi connectivity index (χ3n) is 2.79. The predicted molar refractivity (Wildman–Crippen MR) is 77.3 cm³/mol. The van der Waals surface area contributed by atoms with E-state index in [1.54, 1.807) is 0 Å². The highest BCUT2D eigenvalue weighted by molar-refractivity contribution is 5.47. The third kappa shape index (κ3) is 3.64. The molecular weight excluding hydrogens is 238 g/mol. The fourth-order valence-corrected chi connectivity index (χ4v) is 1.67. The van der Waals surface area contributed by atoms with Crippen molar-refractivity contribution >= 4 is 11.6 Å². The van der Waals surface area contributed by atoms with Crippen LogP contribution in [0.15, 0.2) is 24.4 Å². The zero-order valence-electron chi connectivity index (χ0n) is 11.6. The van der Waals surface area contributed by atoms with Crippen LogP contribution in [0.2, 0.25) is 0 Å². The van der Waals surface area contributed by atoms with Gasteiger partial charge in [-0.25, -0.2) is 9.97 Å². The van der Waals surface area contributed by atoms with Gasteiger partial charge >= 0.3 is 0 Å². The van der Waals surface area contributed by atoms with Gasteiger partial charge in [-0.15, -0.1) is 0 Å². The molecule has 0 saturated carbocycles. The molecule has 5 heteroatoms. The van der Waals surface area contributed by atoms with Gasteiger partial charge in [-0.2, -0.15) is 0 Å². The van der Waals surface area contributed by atoms with E-state index >= 15 is 0 Å². The molecule has 2 N–H and O–H groups in total. The smallest absolute Gasteiger partial charge is 0.132 e. The molecule has 19 heavy (non-hydrogen) atoms. The molecule has 0 spiro atoms. The molecule has 0 aromatic carbocycles. The highest BCUT2D eigenvalue weighted by Crippen LogP contribution is 2.12. The minimum absolute atomic E-state index is 0.705. The van der Waals surface area contributed by atoms with Gasteiger partial charge in [0.2, 0.25) is 0 Å². The Kier molecular flexibility index (Phi) is 4.28. The molecule has 100 valence electrons. The molecule has 5 nitrogen and oxygen atoms in total. The van der Waals surface area contributed by atoms with Crippen LogP contribution in [0.4, 0.5) is 11.6 Å². The molecule has 2 aromatic heterocycles. The van der Waals surface area contributed by atoms with Crippen molar-refractivity contribution < 1.29 is 0 Å². The molecule has 0 bridgehead atoms. The lowest BCUT2D eigenvalue weighted by molar-refractivity contribution is 0.933. The van der Waals surface area contributed by atoms with Gasteiger partial charge in [0.15, 0.2) is 0 Å². The molecule has 0 unspecified atom stereocenters. The summed E-state index contributed by atoms with van der Waals surface area (Å²) < 4.78 is 0. The van der Waals surface area contributed by atoms with E-state index in [0.29, 0.717) is 6.54 Å². The van der Waals surface area contributed by atoms with Crippen molar-refractivity contribution in [3.8, 4) is 0 Å². The summed E-state index contributed by atoms with van der Waals surface area (Å²) in [5, 5.41) is 6.34. The highest BCUT2D eigenvalue weighted by atomic mass is 15.1. The van der Waals surface area contributed by atoms with Crippen molar-refractivity contribution in [1.29, 1.82) is 0 Å². The highest BCUT2D eigenvalue weighted by Gasteiger charge is 2.02. The molecule has 0 aliphatic carbocycles. The van der Waals surface area contributed by atoms with Crippen LogP contribution in [0.5, 0.6) is 0 Å². The predicted octanol–water partition coefficient (Wildman–Crippen LogP) is 2.40. The second-order valence-electron chi connectivity index (χ2n) is 4.32. The van der Waals surface area contributed by atoms with Crippen LogP contribution in [-0.2, 0) is 13.0 Å². The van der Waals surface area contributed by atoms with E-state index in [1.807, 2.05) is 39.2 Å². The fourth-order valence-electron chi connectivity index (χ4n) is 1.67. The summed E-state index contributed by atoms with van der Waals surface area (Å²) in [7, 11) is 1.86. The van der Waals surface area contributed by atoms with Crippen molar-refractivity contribution in [2.75, 3.05) is 17.7 Å². The SMILES string of the molecule is CCc1nc(NC)cc(NCc2ccc(C)nc2)n1. The summed E-state index contributed by atoms with van der Waals surface area (Å²) in [6.07, 6.45) is 2.69. The largest absolute Gasteiger partial charge is 0.373 e. The monoisotopic (exact) mass is 257 g/mol. The standard InChI is InChI=1S/C14H19N5/c1-4-12-18-13(15-3)7-14(19-12)17-9-11-6-5-10(2)16-8-11/h5-8H,4,9H2,1-3H3,(H2,15,17,18,19). The first-order valence-corrected chi connectivity index (χ1v) is 6.42. The van der Waals surface area contributed by atoms with E-state index in [0.717, 1.165) is 35.1 Å². The number of nitrogens with one attached hydrogen (secondary N) is 2. The summed E-state index contributed by atoms with van der Waals surface area (Å²) in [6, 6.07) is 5.98. The van der Waals surface area contributed by atoms with E-state index in [4.69, 9.17) is 0 Å². The number of aromatic nitrogens is 3. The van der Waals surface area contributed by atoms with E-state index in [-0.39, 0.29) is 0 Å². The van der Waals surface area contributed by atoms with Crippen LogP contribution >= 0.6 is 0 Å². The van der Waals surface area contributed by atoms with Crippen LogP contribution < -0.4 is 10.6 Å². The van der Waals surface area contributed by atoms with Crippen LogP contribution in [0.25, 0.3) is 0 Å². The lowest BCUT2D eigenvalue weighted by Gasteiger charge is -2.09. The summed E-state index contributed by atoms with van der Waals surface area (Å²) in [4.78, 5) is 13.1. The van der Waals surface area contributed by atoms with Gasteiger partial charge in [0.05, 0.1) is 0 Å². The van der Waals surface area contributed by atoms with Gasteiger partial charge in [0.1, 0.15) is 17.5 Å². The van der Waals surface area contributed by atoms with Crippen LogP contribution in [0, 0.1) is 6.92 Å². The van der Waals surface area contributed by atoms with Crippen LogP contribution in [-0.4, -0.2) is 22.0 Å².